The van der Waals surface area contributed by atoms with Crippen LogP contribution in [0.3, 0.4) is 0 Å². The Morgan fingerprint density at radius 1 is 1.35 bits per heavy atom. The van der Waals surface area contributed by atoms with Crippen molar-refractivity contribution >= 4 is 0 Å². The second kappa shape index (κ2) is 5.67. The molecule has 2 aliphatic rings. The summed E-state index contributed by atoms with van der Waals surface area (Å²) in [5.74, 6) is 0.704. The lowest BCUT2D eigenvalue weighted by Crippen LogP contribution is -2.39. The molecule has 0 spiro atoms. The third kappa shape index (κ3) is 3.07. The van der Waals surface area contributed by atoms with Gasteiger partial charge in [-0.1, -0.05) is 26.8 Å². The van der Waals surface area contributed by atoms with Crippen LogP contribution in [0.5, 0.6) is 11.5 Å². The number of nitrogens with zero attached hydrogens (tertiary/aromatic N) is 1. The van der Waals surface area contributed by atoms with E-state index in [1.54, 1.807) is 13.2 Å². The first-order chi connectivity index (χ1) is 10.8. The minimum atomic E-state index is 0.181. The minimum absolute atomic E-state index is 0.181. The van der Waals surface area contributed by atoms with Gasteiger partial charge in [-0.15, -0.1) is 0 Å². The molecule has 0 amide bonds. The lowest BCUT2D eigenvalue weighted by Gasteiger charge is -2.40. The van der Waals surface area contributed by atoms with Crippen LogP contribution in [0.15, 0.2) is 18.2 Å². The van der Waals surface area contributed by atoms with Gasteiger partial charge in [0, 0.05) is 25.2 Å². The maximum absolute atomic E-state index is 9.84. The van der Waals surface area contributed by atoms with Gasteiger partial charge in [0.15, 0.2) is 11.5 Å². The van der Waals surface area contributed by atoms with E-state index in [-0.39, 0.29) is 11.8 Å². The average Bonchev–Trinajstić information content (AvgIpc) is 2.70. The molecular formula is C19H30N2O2. The largest absolute Gasteiger partial charge is 0.504 e. The van der Waals surface area contributed by atoms with Crippen LogP contribution in [0, 0.1) is 10.8 Å². The fourth-order valence-corrected chi connectivity index (χ4v) is 5.23. The number of phenols is 1. The molecule has 23 heavy (non-hydrogen) atoms. The van der Waals surface area contributed by atoms with Gasteiger partial charge in [0.2, 0.25) is 0 Å². The van der Waals surface area contributed by atoms with E-state index >= 15 is 0 Å². The van der Waals surface area contributed by atoms with E-state index in [1.807, 2.05) is 12.1 Å². The summed E-state index contributed by atoms with van der Waals surface area (Å²) in [6, 6.07) is 6.40. The number of methoxy groups -OCH3 is 1. The van der Waals surface area contributed by atoms with Crippen molar-refractivity contribution in [2.75, 3.05) is 20.2 Å². The van der Waals surface area contributed by atoms with Crippen molar-refractivity contribution in [1.29, 1.82) is 0 Å². The molecule has 3 atom stereocenters. The second-order valence-electron chi connectivity index (χ2n) is 8.57. The van der Waals surface area contributed by atoms with E-state index in [0.29, 0.717) is 29.2 Å². The number of hydrogen-bond acceptors (Lipinski definition) is 4. The van der Waals surface area contributed by atoms with Crippen LogP contribution in [0.4, 0.5) is 0 Å². The molecule has 4 heteroatoms. The Hall–Kier alpha value is -1.26. The van der Waals surface area contributed by atoms with Crippen LogP contribution in [0.2, 0.25) is 0 Å². The number of aromatic hydroxyl groups is 1. The van der Waals surface area contributed by atoms with E-state index in [1.165, 1.54) is 19.3 Å². The molecule has 4 nitrogen and oxygen atoms in total. The van der Waals surface area contributed by atoms with Gasteiger partial charge >= 0.3 is 0 Å². The van der Waals surface area contributed by atoms with Crippen LogP contribution in [-0.4, -0.2) is 36.2 Å². The minimum Gasteiger partial charge on any atom is -0.504 e. The van der Waals surface area contributed by atoms with Crippen molar-refractivity contribution in [2.45, 2.75) is 52.1 Å². The molecule has 1 saturated carbocycles. The average molecular weight is 318 g/mol. The Morgan fingerprint density at radius 2 is 2.09 bits per heavy atom. The molecule has 0 radical (unpaired) electrons. The lowest BCUT2D eigenvalue weighted by atomic mass is 9.65. The topological polar surface area (TPSA) is 58.7 Å². The highest BCUT2D eigenvalue weighted by atomic mass is 16.5. The number of ether oxygens (including phenoxy) is 1. The zero-order valence-electron chi connectivity index (χ0n) is 14.8. The zero-order valence-corrected chi connectivity index (χ0v) is 14.8. The molecule has 1 aliphatic heterocycles. The van der Waals surface area contributed by atoms with Crippen LogP contribution in [0.1, 0.15) is 51.6 Å². The van der Waals surface area contributed by atoms with Gasteiger partial charge in [-0.05, 0) is 47.8 Å². The normalized spacial score (nSPS) is 31.1. The molecule has 1 aromatic carbocycles. The maximum atomic E-state index is 9.84. The third-order valence-electron chi connectivity index (χ3n) is 5.67. The van der Waals surface area contributed by atoms with Crippen LogP contribution < -0.4 is 10.5 Å². The SMILES string of the molecule is COc1cc(C(CN)N2CC3(C)CC2CC(C)(C)C3)ccc1O. The summed E-state index contributed by atoms with van der Waals surface area (Å²) >= 11 is 0. The first-order valence-corrected chi connectivity index (χ1v) is 8.60. The van der Waals surface area contributed by atoms with Crippen molar-refractivity contribution in [3.8, 4) is 11.5 Å². The monoisotopic (exact) mass is 318 g/mol. The summed E-state index contributed by atoms with van der Waals surface area (Å²) in [7, 11) is 1.59. The van der Waals surface area contributed by atoms with Crippen molar-refractivity contribution in [3.63, 3.8) is 0 Å². The van der Waals surface area contributed by atoms with Crippen molar-refractivity contribution in [2.24, 2.45) is 16.6 Å². The molecule has 1 aliphatic carbocycles. The summed E-state index contributed by atoms with van der Waals surface area (Å²) in [5.41, 5.74) is 8.09. The molecule has 2 fully saturated rings. The highest BCUT2D eigenvalue weighted by Gasteiger charge is 2.51. The molecule has 2 bridgehead atoms. The van der Waals surface area contributed by atoms with Gasteiger partial charge in [0.1, 0.15) is 0 Å². The molecule has 3 rings (SSSR count). The van der Waals surface area contributed by atoms with Crippen molar-refractivity contribution < 1.29 is 9.84 Å². The maximum Gasteiger partial charge on any atom is 0.160 e. The van der Waals surface area contributed by atoms with Crippen molar-refractivity contribution in [3.05, 3.63) is 23.8 Å². The molecule has 1 saturated heterocycles. The number of benzene rings is 1. The first-order valence-electron chi connectivity index (χ1n) is 8.60. The predicted octanol–water partition coefficient (Wildman–Crippen LogP) is 3.30. The van der Waals surface area contributed by atoms with E-state index in [0.717, 1.165) is 12.1 Å². The van der Waals surface area contributed by atoms with Gasteiger partial charge in [-0.2, -0.15) is 0 Å². The van der Waals surface area contributed by atoms with E-state index in [9.17, 15) is 5.11 Å². The Labute approximate surface area is 139 Å². The predicted molar refractivity (Wildman–Crippen MR) is 92.7 cm³/mol. The fourth-order valence-electron chi connectivity index (χ4n) is 5.23. The highest BCUT2D eigenvalue weighted by molar-refractivity contribution is 5.43. The number of hydrogen-bond donors (Lipinski definition) is 2. The molecule has 1 heterocycles. The lowest BCUT2D eigenvalue weighted by molar-refractivity contribution is 0.118. The van der Waals surface area contributed by atoms with Crippen LogP contribution in [0.25, 0.3) is 0 Å². The van der Waals surface area contributed by atoms with Crippen LogP contribution in [-0.2, 0) is 0 Å². The number of likely N-dealkylation sites (tertiary alicyclic amines) is 1. The smallest absolute Gasteiger partial charge is 0.160 e. The summed E-state index contributed by atoms with van der Waals surface area (Å²) < 4.78 is 5.27. The van der Waals surface area contributed by atoms with Crippen molar-refractivity contribution in [1.82, 2.24) is 4.90 Å². The second-order valence-corrected chi connectivity index (χ2v) is 8.57. The Balaban J connectivity index is 1.90. The Morgan fingerprint density at radius 3 is 2.74 bits per heavy atom. The number of phenolic OH excluding ortho intramolecular Hbond substituents is 1. The molecule has 1 aromatic rings. The summed E-state index contributed by atoms with van der Waals surface area (Å²) in [5, 5.41) is 9.84. The molecule has 3 unspecified atom stereocenters. The first kappa shape index (κ1) is 16.6. The summed E-state index contributed by atoms with van der Waals surface area (Å²) in [4.78, 5) is 2.60. The number of nitrogens with two attached hydrogens (primary N) is 1. The number of rotatable bonds is 4. The summed E-state index contributed by atoms with van der Waals surface area (Å²) in [6.45, 7) is 8.89. The van der Waals surface area contributed by atoms with Gasteiger partial charge < -0.3 is 15.6 Å². The quantitative estimate of drug-likeness (QED) is 0.894. The van der Waals surface area contributed by atoms with Gasteiger partial charge in [0.25, 0.3) is 0 Å². The third-order valence-corrected chi connectivity index (χ3v) is 5.67. The highest BCUT2D eigenvalue weighted by Crippen LogP contribution is 2.54. The van der Waals surface area contributed by atoms with Gasteiger partial charge in [0.05, 0.1) is 7.11 Å². The van der Waals surface area contributed by atoms with Gasteiger partial charge in [-0.3, -0.25) is 4.90 Å². The molecule has 3 N–H and O–H groups in total. The standard InChI is InChI=1S/C19H30N2O2/c1-18(2)8-14-9-19(3,11-18)12-21(14)15(10-20)13-5-6-16(22)17(7-13)23-4/h5-7,14-15,22H,8-12,20H2,1-4H3. The van der Waals surface area contributed by atoms with E-state index in [2.05, 4.69) is 25.7 Å². The van der Waals surface area contributed by atoms with E-state index in [4.69, 9.17) is 10.5 Å². The summed E-state index contributed by atoms with van der Waals surface area (Å²) in [6.07, 6.45) is 3.78. The fraction of sp³-hybridized carbons (Fsp3) is 0.684. The molecule has 128 valence electrons. The van der Waals surface area contributed by atoms with Gasteiger partial charge in [-0.25, -0.2) is 0 Å². The zero-order chi connectivity index (χ0) is 16.8. The molecular weight excluding hydrogens is 288 g/mol. The Kier molecular flexibility index (Phi) is 4.09. The molecule has 0 aromatic heterocycles. The Bertz CT molecular complexity index is 587. The van der Waals surface area contributed by atoms with E-state index < -0.39 is 0 Å². The number of fused-ring (bicyclic) bond motifs is 2. The van der Waals surface area contributed by atoms with Crippen LogP contribution >= 0.6 is 0 Å².